The van der Waals surface area contributed by atoms with Gasteiger partial charge in [-0.25, -0.2) is 4.98 Å². The second-order valence-electron chi connectivity index (χ2n) is 7.07. The number of benzene rings is 2. The zero-order chi connectivity index (χ0) is 20.9. The Balaban J connectivity index is 1.41. The summed E-state index contributed by atoms with van der Waals surface area (Å²) in [5.41, 5.74) is 5.08. The molecule has 2 heterocycles. The van der Waals surface area contributed by atoms with Crippen LogP contribution in [0.5, 0.6) is 0 Å². The normalized spacial score (nSPS) is 16.6. The number of hydrogen-bond donors (Lipinski definition) is 2. The quantitative estimate of drug-likeness (QED) is 0.460. The van der Waals surface area contributed by atoms with Gasteiger partial charge in [-0.15, -0.1) is 0 Å². The van der Waals surface area contributed by atoms with Crippen molar-refractivity contribution in [3.63, 3.8) is 0 Å². The minimum absolute atomic E-state index is 0.0846. The number of imidazole rings is 1. The number of ether oxygens (including phenoxy) is 1. The van der Waals surface area contributed by atoms with Gasteiger partial charge in [-0.1, -0.05) is 42.3 Å². The van der Waals surface area contributed by atoms with Crippen LogP contribution in [0.25, 0.3) is 11.1 Å². The SMILES string of the molecule is C[Si](O)c1nccn1[C@H](CO)SC#Cc1ccc(-c2ccc(C3CCO3)cc2)cc1. The third-order valence-corrected chi connectivity index (χ3v) is 6.95. The topological polar surface area (TPSA) is 67.5 Å². The maximum atomic E-state index is 9.90. The lowest BCUT2D eigenvalue weighted by Crippen LogP contribution is -2.37. The van der Waals surface area contributed by atoms with Crippen molar-refractivity contribution in [1.82, 2.24) is 9.55 Å². The van der Waals surface area contributed by atoms with Gasteiger partial charge >= 0.3 is 0 Å². The minimum atomic E-state index is -1.69. The van der Waals surface area contributed by atoms with Gasteiger partial charge in [0.05, 0.1) is 19.3 Å². The van der Waals surface area contributed by atoms with E-state index in [-0.39, 0.29) is 18.1 Å². The van der Waals surface area contributed by atoms with Crippen LogP contribution in [0, 0.1) is 11.2 Å². The lowest BCUT2D eigenvalue weighted by molar-refractivity contribution is -0.0527. The van der Waals surface area contributed by atoms with E-state index in [0.717, 1.165) is 24.2 Å². The number of thioether (sulfide) groups is 1. The van der Waals surface area contributed by atoms with Gasteiger partial charge in [0.25, 0.3) is 9.04 Å². The molecule has 1 aliphatic heterocycles. The van der Waals surface area contributed by atoms with Crippen molar-refractivity contribution in [3.8, 4) is 22.3 Å². The van der Waals surface area contributed by atoms with E-state index in [9.17, 15) is 9.90 Å². The second kappa shape index (κ2) is 9.64. The molecule has 1 saturated heterocycles. The van der Waals surface area contributed by atoms with Gasteiger partial charge in [0, 0.05) is 24.4 Å². The molecule has 1 unspecified atom stereocenters. The fourth-order valence-corrected chi connectivity index (χ4v) is 4.93. The molecule has 2 N–H and O–H groups in total. The molecule has 4 rings (SSSR count). The highest BCUT2D eigenvalue weighted by Crippen LogP contribution is 2.30. The van der Waals surface area contributed by atoms with Gasteiger partial charge in [0.1, 0.15) is 10.8 Å². The van der Waals surface area contributed by atoms with Crippen molar-refractivity contribution in [2.75, 3.05) is 13.2 Å². The predicted octanol–water partition coefficient (Wildman–Crippen LogP) is 3.07. The number of hydrogen-bond acceptors (Lipinski definition) is 5. The van der Waals surface area contributed by atoms with Crippen LogP contribution in [-0.4, -0.2) is 41.7 Å². The molecule has 1 aromatic heterocycles. The fraction of sp³-hybridized carbons (Fsp3) is 0.261. The molecule has 0 spiro atoms. The molecular weight excluding hydrogens is 412 g/mol. The smallest absolute Gasteiger partial charge is 0.283 e. The van der Waals surface area contributed by atoms with E-state index >= 15 is 0 Å². The molecule has 2 atom stereocenters. The molecule has 1 aliphatic rings. The second-order valence-corrected chi connectivity index (χ2v) is 9.68. The van der Waals surface area contributed by atoms with Gasteiger partial charge in [0.2, 0.25) is 0 Å². The average Bonchev–Trinajstić information content (AvgIpc) is 3.21. The summed E-state index contributed by atoms with van der Waals surface area (Å²) >= 11 is 1.32. The Kier molecular flexibility index (Phi) is 6.72. The Morgan fingerprint density at radius 1 is 1.20 bits per heavy atom. The zero-order valence-electron chi connectivity index (χ0n) is 16.7. The minimum Gasteiger partial charge on any atom is -0.425 e. The summed E-state index contributed by atoms with van der Waals surface area (Å²) in [5.74, 6) is 3.14. The highest BCUT2D eigenvalue weighted by atomic mass is 32.2. The van der Waals surface area contributed by atoms with Crippen LogP contribution in [0.15, 0.2) is 60.9 Å². The molecule has 30 heavy (non-hydrogen) atoms. The van der Waals surface area contributed by atoms with Crippen LogP contribution < -0.4 is 5.45 Å². The molecular formula is C23H23N2O3SSi. The highest BCUT2D eigenvalue weighted by molar-refractivity contribution is 8.03. The summed E-state index contributed by atoms with van der Waals surface area (Å²) in [6.07, 6.45) is 4.77. The maximum Gasteiger partial charge on any atom is 0.283 e. The Morgan fingerprint density at radius 3 is 2.43 bits per heavy atom. The first-order chi connectivity index (χ1) is 14.7. The number of aromatic nitrogens is 2. The number of rotatable bonds is 6. The highest BCUT2D eigenvalue weighted by Gasteiger charge is 2.20. The number of aliphatic hydroxyl groups is 1. The molecule has 1 fully saturated rings. The summed E-state index contributed by atoms with van der Waals surface area (Å²) < 4.78 is 7.33. The van der Waals surface area contributed by atoms with Crippen molar-refractivity contribution in [2.45, 2.75) is 24.4 Å². The van der Waals surface area contributed by atoms with Crippen LogP contribution in [0.1, 0.15) is 29.0 Å². The Labute approximate surface area is 182 Å². The standard InChI is InChI=1S/C23H23N2O3SSi/c1-30(27)23-24-12-13-25(23)22(16-26)29-15-11-17-2-4-18(5-3-17)19-6-8-20(9-7-19)21-10-14-28-21/h2-9,12-13,21-22,26-27H,10,14,16H2,1H3/t21?,22-/m0/s1. The Morgan fingerprint density at radius 2 is 1.87 bits per heavy atom. The molecule has 0 bridgehead atoms. The van der Waals surface area contributed by atoms with Crippen LogP contribution in [-0.2, 0) is 4.74 Å². The molecule has 2 aromatic carbocycles. The lowest BCUT2D eigenvalue weighted by Gasteiger charge is -2.26. The zero-order valence-corrected chi connectivity index (χ0v) is 18.5. The Hall–Kier alpha value is -2.34. The molecule has 7 heteroatoms. The summed E-state index contributed by atoms with van der Waals surface area (Å²) in [6, 6.07) is 16.7. The number of aliphatic hydroxyl groups excluding tert-OH is 1. The summed E-state index contributed by atoms with van der Waals surface area (Å²) in [6.45, 7) is 2.53. The lowest BCUT2D eigenvalue weighted by atomic mass is 9.98. The molecule has 0 saturated carbocycles. The van der Waals surface area contributed by atoms with Crippen molar-refractivity contribution < 1.29 is 14.6 Å². The molecule has 153 valence electrons. The molecule has 0 aliphatic carbocycles. The van der Waals surface area contributed by atoms with E-state index in [1.165, 1.54) is 22.9 Å². The largest absolute Gasteiger partial charge is 0.425 e. The van der Waals surface area contributed by atoms with E-state index in [1.807, 2.05) is 12.1 Å². The first-order valence-electron chi connectivity index (χ1n) is 9.81. The van der Waals surface area contributed by atoms with E-state index in [0.29, 0.717) is 5.45 Å². The van der Waals surface area contributed by atoms with E-state index < -0.39 is 9.04 Å². The predicted molar refractivity (Wildman–Crippen MR) is 121 cm³/mol. The summed E-state index contributed by atoms with van der Waals surface area (Å²) in [7, 11) is -1.69. The third kappa shape index (κ3) is 4.69. The summed E-state index contributed by atoms with van der Waals surface area (Å²) in [5, 5.41) is 12.5. The first kappa shape index (κ1) is 20.9. The fourth-order valence-electron chi connectivity index (χ4n) is 3.30. The average molecular weight is 436 g/mol. The molecule has 5 nitrogen and oxygen atoms in total. The van der Waals surface area contributed by atoms with Gasteiger partial charge < -0.3 is 19.2 Å². The van der Waals surface area contributed by atoms with Crippen LogP contribution in [0.2, 0.25) is 6.55 Å². The van der Waals surface area contributed by atoms with Crippen LogP contribution >= 0.6 is 11.8 Å². The van der Waals surface area contributed by atoms with Crippen molar-refractivity contribution in [1.29, 1.82) is 0 Å². The van der Waals surface area contributed by atoms with Crippen LogP contribution in [0.4, 0.5) is 0 Å². The Bertz CT molecular complexity index is 1030. The van der Waals surface area contributed by atoms with Gasteiger partial charge in [0.15, 0.2) is 0 Å². The maximum absolute atomic E-state index is 9.90. The van der Waals surface area contributed by atoms with Gasteiger partial charge in [-0.05, 0) is 52.4 Å². The first-order valence-corrected chi connectivity index (χ1v) is 12.6. The van der Waals surface area contributed by atoms with Crippen molar-refractivity contribution in [2.24, 2.45) is 0 Å². The van der Waals surface area contributed by atoms with Gasteiger partial charge in [-0.2, -0.15) is 0 Å². The van der Waals surface area contributed by atoms with Gasteiger partial charge in [-0.3, -0.25) is 0 Å². The molecule has 3 aromatic rings. The summed E-state index contributed by atoms with van der Waals surface area (Å²) in [4.78, 5) is 14.1. The van der Waals surface area contributed by atoms with E-state index in [2.05, 4.69) is 52.6 Å². The molecule has 1 radical (unpaired) electrons. The van der Waals surface area contributed by atoms with Crippen LogP contribution in [0.3, 0.4) is 0 Å². The van der Waals surface area contributed by atoms with E-state index in [1.54, 1.807) is 23.5 Å². The van der Waals surface area contributed by atoms with E-state index in [4.69, 9.17) is 4.74 Å². The third-order valence-electron chi connectivity index (χ3n) is 5.05. The molecule has 0 amide bonds. The number of nitrogens with zero attached hydrogens (tertiary/aromatic N) is 2. The monoisotopic (exact) mass is 435 g/mol. The van der Waals surface area contributed by atoms with Crippen molar-refractivity contribution >= 4 is 26.2 Å². The van der Waals surface area contributed by atoms with Crippen molar-refractivity contribution in [3.05, 3.63) is 72.1 Å².